The van der Waals surface area contributed by atoms with Gasteiger partial charge < -0.3 is 14.8 Å². The fourth-order valence-corrected chi connectivity index (χ4v) is 3.81. The Morgan fingerprint density at radius 3 is 2.59 bits per heavy atom. The summed E-state index contributed by atoms with van der Waals surface area (Å²) in [4.78, 5) is 53.5. The van der Waals surface area contributed by atoms with Crippen LogP contribution in [0.15, 0.2) is 35.4 Å². The van der Waals surface area contributed by atoms with Crippen LogP contribution in [0.5, 0.6) is 0 Å². The molecule has 0 aliphatic carbocycles. The summed E-state index contributed by atoms with van der Waals surface area (Å²) < 4.78 is 10.5. The van der Waals surface area contributed by atoms with Crippen molar-refractivity contribution in [1.82, 2.24) is 9.55 Å². The highest BCUT2D eigenvalue weighted by Crippen LogP contribution is 2.27. The van der Waals surface area contributed by atoms with Gasteiger partial charge in [0.2, 0.25) is 5.91 Å². The topological polar surface area (TPSA) is 117 Å². The van der Waals surface area contributed by atoms with Crippen molar-refractivity contribution in [1.29, 1.82) is 0 Å². The molecule has 0 radical (unpaired) electrons. The molecular formula is C19H17N3O6S. The Kier molecular flexibility index (Phi) is 5.74. The Morgan fingerprint density at radius 1 is 1.17 bits per heavy atom. The van der Waals surface area contributed by atoms with Gasteiger partial charge in [0.15, 0.2) is 0 Å². The number of aromatic nitrogens is 2. The molecule has 150 valence electrons. The van der Waals surface area contributed by atoms with Gasteiger partial charge in [-0.25, -0.2) is 14.6 Å². The maximum Gasteiger partial charge on any atom is 0.348 e. The molecule has 2 aromatic heterocycles. The molecule has 0 spiro atoms. The van der Waals surface area contributed by atoms with Crippen LogP contribution < -0.4 is 10.9 Å². The van der Waals surface area contributed by atoms with Crippen LogP contribution in [0.1, 0.15) is 25.6 Å². The first kappa shape index (κ1) is 20.2. The van der Waals surface area contributed by atoms with Crippen molar-refractivity contribution in [2.45, 2.75) is 13.5 Å². The lowest BCUT2D eigenvalue weighted by molar-refractivity contribution is -0.116. The van der Waals surface area contributed by atoms with Crippen LogP contribution >= 0.6 is 11.3 Å². The first-order valence-electron chi connectivity index (χ1n) is 8.40. The summed E-state index contributed by atoms with van der Waals surface area (Å²) in [7, 11) is 2.53. The summed E-state index contributed by atoms with van der Waals surface area (Å²) in [5, 5.41) is 2.90. The van der Waals surface area contributed by atoms with Gasteiger partial charge in [0.05, 0.1) is 31.5 Å². The highest BCUT2D eigenvalue weighted by Gasteiger charge is 2.20. The second-order valence-electron chi connectivity index (χ2n) is 6.03. The fourth-order valence-electron chi connectivity index (χ4n) is 2.76. The summed E-state index contributed by atoms with van der Waals surface area (Å²) in [6, 6.07) is 6.24. The number of fused-ring (bicyclic) bond motifs is 1. The van der Waals surface area contributed by atoms with Gasteiger partial charge in [-0.05, 0) is 30.7 Å². The number of benzene rings is 1. The Hall–Kier alpha value is -3.53. The molecule has 0 aliphatic rings. The van der Waals surface area contributed by atoms with Crippen molar-refractivity contribution in [3.63, 3.8) is 0 Å². The molecule has 0 saturated carbocycles. The second-order valence-corrected chi connectivity index (χ2v) is 7.03. The number of ether oxygens (including phenoxy) is 2. The minimum atomic E-state index is -0.542. The number of nitrogens with zero attached hydrogens (tertiary/aromatic N) is 2. The number of esters is 2. The number of hydrogen-bond donors (Lipinski definition) is 1. The van der Waals surface area contributed by atoms with E-state index in [1.54, 1.807) is 25.1 Å². The van der Waals surface area contributed by atoms with Crippen LogP contribution in [-0.2, 0) is 20.8 Å². The zero-order chi connectivity index (χ0) is 21.1. The van der Waals surface area contributed by atoms with Crippen LogP contribution in [0.25, 0.3) is 10.2 Å². The van der Waals surface area contributed by atoms with Gasteiger partial charge in [-0.2, -0.15) is 0 Å². The zero-order valence-corrected chi connectivity index (χ0v) is 16.7. The van der Waals surface area contributed by atoms with E-state index in [4.69, 9.17) is 4.74 Å². The standard InChI is InChI=1S/C19H17N3O6S/c1-10-14-16(29-15(10)19(26)28-3)20-9-22(17(14)24)8-13(23)21-12-6-4-5-11(7-12)18(25)27-2/h4-7,9H,8H2,1-3H3,(H,21,23). The maximum atomic E-state index is 12.8. The molecule has 10 heteroatoms. The molecule has 0 unspecified atom stereocenters. The van der Waals surface area contributed by atoms with Crippen LogP contribution in [0.4, 0.5) is 5.69 Å². The van der Waals surface area contributed by atoms with E-state index in [-0.39, 0.29) is 17.5 Å². The van der Waals surface area contributed by atoms with Gasteiger partial charge >= 0.3 is 11.9 Å². The lowest BCUT2D eigenvalue weighted by Gasteiger charge is -2.08. The first-order chi connectivity index (χ1) is 13.8. The van der Waals surface area contributed by atoms with E-state index >= 15 is 0 Å². The Morgan fingerprint density at radius 2 is 1.90 bits per heavy atom. The van der Waals surface area contributed by atoms with Gasteiger partial charge in [0.25, 0.3) is 5.56 Å². The van der Waals surface area contributed by atoms with Crippen molar-refractivity contribution >= 4 is 45.1 Å². The average molecular weight is 415 g/mol. The largest absolute Gasteiger partial charge is 0.465 e. The maximum absolute atomic E-state index is 12.8. The van der Waals surface area contributed by atoms with Gasteiger partial charge in [-0.15, -0.1) is 11.3 Å². The SMILES string of the molecule is COC(=O)c1cccc(NC(=O)Cn2cnc3sc(C(=O)OC)c(C)c3c2=O)c1. The third kappa shape index (κ3) is 4.02. The number of carbonyl (C=O) groups is 3. The Bertz CT molecular complexity index is 1180. The summed E-state index contributed by atoms with van der Waals surface area (Å²) in [6.07, 6.45) is 1.26. The van der Waals surface area contributed by atoms with Gasteiger partial charge in [0.1, 0.15) is 16.3 Å². The van der Waals surface area contributed by atoms with E-state index in [1.807, 2.05) is 0 Å². The molecule has 29 heavy (non-hydrogen) atoms. The lowest BCUT2D eigenvalue weighted by Crippen LogP contribution is -2.28. The quantitative estimate of drug-likeness (QED) is 0.633. The van der Waals surface area contributed by atoms with Crippen LogP contribution in [-0.4, -0.2) is 41.6 Å². The van der Waals surface area contributed by atoms with Crippen LogP contribution in [0.2, 0.25) is 0 Å². The molecule has 1 N–H and O–H groups in total. The molecule has 0 saturated heterocycles. The van der Waals surface area contributed by atoms with Crippen molar-refractivity contribution in [2.75, 3.05) is 19.5 Å². The van der Waals surface area contributed by atoms with Crippen molar-refractivity contribution in [3.05, 3.63) is 57.0 Å². The molecule has 1 amide bonds. The first-order valence-corrected chi connectivity index (χ1v) is 9.22. The third-order valence-electron chi connectivity index (χ3n) is 4.17. The van der Waals surface area contributed by atoms with E-state index in [0.717, 1.165) is 15.9 Å². The van der Waals surface area contributed by atoms with Crippen molar-refractivity contribution in [2.24, 2.45) is 0 Å². The molecule has 9 nitrogen and oxygen atoms in total. The number of nitrogens with one attached hydrogen (secondary N) is 1. The van der Waals surface area contributed by atoms with Crippen LogP contribution in [0.3, 0.4) is 0 Å². The monoisotopic (exact) mass is 415 g/mol. The zero-order valence-electron chi connectivity index (χ0n) is 15.8. The summed E-state index contributed by atoms with van der Waals surface area (Å²) in [5.74, 6) is -1.54. The number of methoxy groups -OCH3 is 2. The molecule has 0 atom stereocenters. The number of carbonyl (C=O) groups excluding carboxylic acids is 3. The number of thiophene rings is 1. The molecule has 0 aliphatic heterocycles. The van der Waals surface area contributed by atoms with E-state index in [1.165, 1.54) is 26.6 Å². The normalized spacial score (nSPS) is 10.6. The third-order valence-corrected chi connectivity index (χ3v) is 5.35. The van der Waals surface area contributed by atoms with E-state index < -0.39 is 23.4 Å². The van der Waals surface area contributed by atoms with Gasteiger partial charge in [-0.3, -0.25) is 14.2 Å². The average Bonchev–Trinajstić information content (AvgIpc) is 3.06. The minimum absolute atomic E-state index is 0.276. The highest BCUT2D eigenvalue weighted by atomic mass is 32.1. The second kappa shape index (κ2) is 8.23. The predicted octanol–water partition coefficient (Wildman–Crippen LogP) is 1.98. The summed E-state index contributed by atoms with van der Waals surface area (Å²) >= 11 is 1.06. The number of hydrogen-bond acceptors (Lipinski definition) is 8. The molecule has 1 aromatic carbocycles. The molecule has 0 fully saturated rings. The van der Waals surface area contributed by atoms with Crippen molar-refractivity contribution in [3.8, 4) is 0 Å². The van der Waals surface area contributed by atoms with Crippen LogP contribution in [0, 0.1) is 6.92 Å². The van der Waals surface area contributed by atoms with Gasteiger partial charge in [0, 0.05) is 5.69 Å². The molecular weight excluding hydrogens is 398 g/mol. The number of aryl methyl sites for hydroxylation is 1. The number of anilines is 1. The molecule has 3 aromatic rings. The Labute approximate surface area is 168 Å². The van der Waals surface area contributed by atoms with E-state index in [0.29, 0.717) is 21.0 Å². The molecule has 3 rings (SSSR count). The van der Waals surface area contributed by atoms with Gasteiger partial charge in [-0.1, -0.05) is 6.07 Å². The van der Waals surface area contributed by atoms with E-state index in [2.05, 4.69) is 15.0 Å². The minimum Gasteiger partial charge on any atom is -0.465 e. The predicted molar refractivity (Wildman–Crippen MR) is 106 cm³/mol. The van der Waals surface area contributed by atoms with Crippen molar-refractivity contribution < 1.29 is 23.9 Å². The highest BCUT2D eigenvalue weighted by molar-refractivity contribution is 7.20. The summed E-state index contributed by atoms with van der Waals surface area (Å²) in [5.41, 5.74) is 0.710. The number of amides is 1. The molecule has 2 heterocycles. The molecule has 0 bridgehead atoms. The number of rotatable bonds is 5. The van der Waals surface area contributed by atoms with E-state index in [9.17, 15) is 19.2 Å². The fraction of sp³-hybridized carbons (Fsp3) is 0.211. The lowest BCUT2D eigenvalue weighted by atomic mass is 10.2. The Balaban J connectivity index is 1.85. The smallest absolute Gasteiger partial charge is 0.348 e. The summed E-state index contributed by atoms with van der Waals surface area (Å²) in [6.45, 7) is 1.35.